The number of hydrogen-bond acceptors (Lipinski definition) is 4. The Labute approximate surface area is 163 Å². The molecule has 2 amide bonds. The number of hydrogen-bond donors (Lipinski definition) is 3. The first-order valence-electron chi connectivity index (χ1n) is 9.46. The van der Waals surface area contributed by atoms with Gasteiger partial charge in [0.1, 0.15) is 5.82 Å². The zero-order valence-electron chi connectivity index (χ0n) is 16.2. The summed E-state index contributed by atoms with van der Waals surface area (Å²) in [6, 6.07) is 3.76. The lowest BCUT2D eigenvalue weighted by atomic mass is 9.86. The smallest absolute Gasteiger partial charge is 0.308 e. The number of amides is 2. The fourth-order valence-corrected chi connectivity index (χ4v) is 3.21. The normalized spacial score (nSPS) is 15.9. The van der Waals surface area contributed by atoms with Crippen molar-refractivity contribution in [2.75, 3.05) is 25.1 Å². The van der Waals surface area contributed by atoms with Crippen molar-refractivity contribution in [2.24, 2.45) is 17.8 Å². The van der Waals surface area contributed by atoms with Gasteiger partial charge < -0.3 is 20.5 Å². The molecule has 28 heavy (non-hydrogen) atoms. The number of aliphatic carboxylic acids is 1. The summed E-state index contributed by atoms with van der Waals surface area (Å²) in [4.78, 5) is 35.6. The van der Waals surface area contributed by atoms with Crippen LogP contribution in [0.4, 0.5) is 10.1 Å². The molecule has 1 saturated heterocycles. The summed E-state index contributed by atoms with van der Waals surface area (Å²) in [5.41, 5.74) is 0.0725. The molecule has 0 aromatic heterocycles. The van der Waals surface area contributed by atoms with E-state index >= 15 is 0 Å². The number of carboxylic acids is 1. The van der Waals surface area contributed by atoms with Gasteiger partial charge in [0.25, 0.3) is 5.91 Å². The first-order chi connectivity index (χ1) is 13.3. The third kappa shape index (κ3) is 6.30. The van der Waals surface area contributed by atoms with E-state index in [1.54, 1.807) is 0 Å². The molecule has 0 spiro atoms. The fraction of sp³-hybridized carbons (Fsp3) is 0.550. The molecule has 1 aliphatic rings. The Morgan fingerprint density at radius 1 is 1.25 bits per heavy atom. The number of anilines is 1. The van der Waals surface area contributed by atoms with Gasteiger partial charge >= 0.3 is 5.97 Å². The lowest BCUT2D eigenvalue weighted by Crippen LogP contribution is -2.39. The topological polar surface area (TPSA) is 105 Å². The van der Waals surface area contributed by atoms with E-state index in [9.17, 15) is 23.9 Å². The summed E-state index contributed by atoms with van der Waals surface area (Å²) in [7, 11) is 0. The molecule has 8 heteroatoms. The second-order valence-corrected chi connectivity index (χ2v) is 7.45. The molecule has 0 radical (unpaired) electrons. The second kappa shape index (κ2) is 10.2. The van der Waals surface area contributed by atoms with Crippen LogP contribution in [-0.2, 0) is 14.3 Å². The average Bonchev–Trinajstić information content (AvgIpc) is 2.63. The third-order valence-corrected chi connectivity index (χ3v) is 4.73. The number of benzene rings is 1. The Morgan fingerprint density at radius 2 is 1.93 bits per heavy atom. The Hall–Kier alpha value is -2.48. The maximum Gasteiger partial charge on any atom is 0.308 e. The van der Waals surface area contributed by atoms with E-state index in [4.69, 9.17) is 4.74 Å². The van der Waals surface area contributed by atoms with Crippen molar-refractivity contribution in [3.63, 3.8) is 0 Å². The fourth-order valence-electron chi connectivity index (χ4n) is 3.21. The molecule has 3 N–H and O–H groups in total. The van der Waals surface area contributed by atoms with Gasteiger partial charge in [0.05, 0.1) is 11.6 Å². The Balaban J connectivity index is 1.96. The van der Waals surface area contributed by atoms with Gasteiger partial charge in [-0.1, -0.05) is 13.8 Å². The van der Waals surface area contributed by atoms with E-state index in [1.807, 2.05) is 13.8 Å². The van der Waals surface area contributed by atoms with Crippen LogP contribution in [0.3, 0.4) is 0 Å². The summed E-state index contributed by atoms with van der Waals surface area (Å²) < 4.78 is 19.5. The molecule has 2 rings (SSSR count). The largest absolute Gasteiger partial charge is 0.481 e. The Kier molecular flexibility index (Phi) is 7.92. The molecule has 1 unspecified atom stereocenters. The molecule has 1 aromatic rings. The number of carbonyl (C=O) groups is 3. The van der Waals surface area contributed by atoms with Crippen molar-refractivity contribution in [1.82, 2.24) is 5.32 Å². The monoisotopic (exact) mass is 394 g/mol. The zero-order chi connectivity index (χ0) is 20.7. The first-order valence-corrected chi connectivity index (χ1v) is 9.46. The molecule has 0 saturated carbocycles. The Bertz CT molecular complexity index is 717. The molecule has 154 valence electrons. The van der Waals surface area contributed by atoms with Crippen LogP contribution in [0.2, 0.25) is 0 Å². The van der Waals surface area contributed by atoms with Crippen molar-refractivity contribution in [3.05, 3.63) is 29.6 Å². The number of nitrogens with one attached hydrogen (secondary N) is 2. The highest BCUT2D eigenvalue weighted by Gasteiger charge is 2.30. The van der Waals surface area contributed by atoms with Gasteiger partial charge in [0.2, 0.25) is 5.91 Å². The van der Waals surface area contributed by atoms with Gasteiger partial charge in [-0.3, -0.25) is 14.4 Å². The summed E-state index contributed by atoms with van der Waals surface area (Å²) >= 11 is 0. The third-order valence-electron chi connectivity index (χ3n) is 4.73. The molecular weight excluding hydrogens is 367 g/mol. The van der Waals surface area contributed by atoms with Crippen LogP contribution in [0.15, 0.2) is 18.2 Å². The number of ether oxygens (including phenoxy) is 1. The van der Waals surface area contributed by atoms with Crippen LogP contribution in [0.5, 0.6) is 0 Å². The highest BCUT2D eigenvalue weighted by molar-refractivity contribution is 5.96. The quantitative estimate of drug-likeness (QED) is 0.629. The molecule has 1 atom stereocenters. The zero-order valence-corrected chi connectivity index (χ0v) is 16.2. The summed E-state index contributed by atoms with van der Waals surface area (Å²) in [6.45, 7) is 4.75. The van der Waals surface area contributed by atoms with Crippen LogP contribution >= 0.6 is 0 Å². The van der Waals surface area contributed by atoms with Crippen molar-refractivity contribution in [1.29, 1.82) is 0 Å². The van der Waals surface area contributed by atoms with E-state index < -0.39 is 23.6 Å². The minimum Gasteiger partial charge on any atom is -0.481 e. The predicted octanol–water partition coefficient (Wildman–Crippen LogP) is 2.67. The molecular formula is C20H27FN2O5. The Morgan fingerprint density at radius 3 is 2.50 bits per heavy atom. The summed E-state index contributed by atoms with van der Waals surface area (Å²) in [5.74, 6) is -3.19. The molecule has 7 nitrogen and oxygen atoms in total. The standard InChI is InChI=1S/C20H27FN2O5/c1-12(2)9-18(24)23-17-4-3-14(10-16(17)21)19(25)22-11-15(20(26)27)13-5-7-28-8-6-13/h3-4,10,12-13,15H,5-9,11H2,1-2H3,(H,22,25)(H,23,24)(H,26,27). The van der Waals surface area contributed by atoms with Crippen molar-refractivity contribution < 1.29 is 28.6 Å². The molecule has 0 bridgehead atoms. The van der Waals surface area contributed by atoms with E-state index in [1.165, 1.54) is 12.1 Å². The molecule has 1 fully saturated rings. The maximum absolute atomic E-state index is 14.2. The molecule has 1 aromatic carbocycles. The van der Waals surface area contributed by atoms with Gasteiger partial charge in [0.15, 0.2) is 0 Å². The van der Waals surface area contributed by atoms with Crippen LogP contribution in [0.1, 0.15) is 43.5 Å². The van der Waals surface area contributed by atoms with Crippen molar-refractivity contribution >= 4 is 23.5 Å². The van der Waals surface area contributed by atoms with E-state index in [0.717, 1.165) is 6.07 Å². The predicted molar refractivity (Wildman–Crippen MR) is 101 cm³/mol. The second-order valence-electron chi connectivity index (χ2n) is 7.45. The van der Waals surface area contributed by atoms with Gasteiger partial charge in [-0.2, -0.15) is 0 Å². The van der Waals surface area contributed by atoms with Crippen molar-refractivity contribution in [3.8, 4) is 0 Å². The minimum absolute atomic E-state index is 0.00724. The lowest BCUT2D eigenvalue weighted by molar-refractivity contribution is -0.144. The molecule has 0 aliphatic carbocycles. The van der Waals surface area contributed by atoms with E-state index in [0.29, 0.717) is 26.1 Å². The number of halogens is 1. The number of carbonyl (C=O) groups excluding carboxylic acids is 2. The number of rotatable bonds is 8. The highest BCUT2D eigenvalue weighted by Crippen LogP contribution is 2.24. The number of carboxylic acid groups (broad SMARTS) is 1. The van der Waals surface area contributed by atoms with Gasteiger partial charge in [-0.25, -0.2) is 4.39 Å². The van der Waals surface area contributed by atoms with E-state index in [2.05, 4.69) is 10.6 Å². The summed E-state index contributed by atoms with van der Waals surface area (Å²) in [5, 5.41) is 14.5. The highest BCUT2D eigenvalue weighted by atomic mass is 19.1. The van der Waals surface area contributed by atoms with Crippen LogP contribution in [0.25, 0.3) is 0 Å². The molecule has 1 aliphatic heterocycles. The SMILES string of the molecule is CC(C)CC(=O)Nc1ccc(C(=O)NCC(C(=O)O)C2CCOCC2)cc1F. The summed E-state index contributed by atoms with van der Waals surface area (Å²) in [6.07, 6.45) is 1.53. The van der Waals surface area contributed by atoms with E-state index in [-0.39, 0.29) is 42.0 Å². The molecule has 1 heterocycles. The van der Waals surface area contributed by atoms with Gasteiger partial charge in [0, 0.05) is 31.7 Å². The van der Waals surface area contributed by atoms with Gasteiger partial charge in [-0.05, 0) is 42.9 Å². The van der Waals surface area contributed by atoms with Crippen LogP contribution in [0, 0.1) is 23.6 Å². The van der Waals surface area contributed by atoms with Crippen LogP contribution in [-0.4, -0.2) is 42.6 Å². The lowest BCUT2D eigenvalue weighted by Gasteiger charge is -2.27. The first kappa shape index (κ1) is 21.8. The van der Waals surface area contributed by atoms with Crippen molar-refractivity contribution in [2.45, 2.75) is 33.1 Å². The van der Waals surface area contributed by atoms with Gasteiger partial charge in [-0.15, -0.1) is 0 Å². The minimum atomic E-state index is -0.971. The maximum atomic E-state index is 14.2. The van der Waals surface area contributed by atoms with Crippen LogP contribution < -0.4 is 10.6 Å². The average molecular weight is 394 g/mol.